The molecule has 0 atom stereocenters. The zero-order valence-electron chi connectivity index (χ0n) is 23.6. The average Bonchev–Trinajstić information content (AvgIpc) is 3.48. The third-order valence-corrected chi connectivity index (χ3v) is 6.29. The van der Waals surface area contributed by atoms with Crippen LogP contribution in [0, 0.1) is 75.2 Å². The van der Waals surface area contributed by atoms with Crippen molar-refractivity contribution in [2.45, 2.75) is 27.7 Å². The molecule has 6 rings (SSSR count). The normalized spacial score (nSPS) is 10.6. The van der Waals surface area contributed by atoms with Gasteiger partial charge in [0.25, 0.3) is 0 Å². The Bertz CT molecular complexity index is 1770. The summed E-state index contributed by atoms with van der Waals surface area (Å²) in [5, 5.41) is 9.00. The minimum Gasteiger partial charge on any atom is -0.274 e. The molecule has 0 saturated carbocycles. The summed E-state index contributed by atoms with van der Waals surface area (Å²) in [7, 11) is 0. The number of aryl methyl sites for hydroxylation is 4. The number of hydrogen-bond donors (Lipinski definition) is 0. The van der Waals surface area contributed by atoms with Gasteiger partial charge in [-0.25, -0.2) is 17.2 Å². The molecule has 0 amide bonds. The third-order valence-electron chi connectivity index (χ3n) is 6.29. The van der Waals surface area contributed by atoms with E-state index in [4.69, 9.17) is 0 Å². The molecule has 221 valence electrons. The Kier molecular flexibility index (Phi) is 9.79. The van der Waals surface area contributed by atoms with E-state index in [0.717, 1.165) is 58.4 Å². The van der Waals surface area contributed by atoms with Crippen LogP contribution < -0.4 is 0 Å². The van der Waals surface area contributed by atoms with Crippen molar-refractivity contribution in [1.29, 1.82) is 0 Å². The second-order valence-corrected chi connectivity index (χ2v) is 9.66. The van der Waals surface area contributed by atoms with E-state index in [9.17, 15) is 17.6 Å². The maximum Gasteiger partial charge on any atom is 0.0600 e. The zero-order valence-corrected chi connectivity index (χ0v) is 26.0. The molecule has 9 heteroatoms. The van der Waals surface area contributed by atoms with Crippen LogP contribution in [-0.2, 0) is 20.1 Å². The van der Waals surface area contributed by atoms with Crippen molar-refractivity contribution >= 4 is 0 Å². The van der Waals surface area contributed by atoms with Crippen molar-refractivity contribution in [3.63, 3.8) is 0 Å². The summed E-state index contributed by atoms with van der Waals surface area (Å²) >= 11 is 0. The van der Waals surface area contributed by atoms with Gasteiger partial charge in [-0.3, -0.25) is 26.9 Å². The minimum absolute atomic E-state index is 0. The summed E-state index contributed by atoms with van der Waals surface area (Å²) in [5.74, 6) is -3.07. The molecule has 0 unspecified atom stereocenters. The van der Waals surface area contributed by atoms with Crippen LogP contribution in [0.1, 0.15) is 22.8 Å². The van der Waals surface area contributed by atoms with E-state index >= 15 is 0 Å². The first-order valence-electron chi connectivity index (χ1n) is 12.9. The first-order chi connectivity index (χ1) is 20.1. The van der Waals surface area contributed by atoms with Crippen molar-refractivity contribution in [1.82, 2.24) is 19.6 Å². The molecule has 2 heterocycles. The second kappa shape index (κ2) is 13.3. The molecular weight excluding hydrogens is 733 g/mol. The fraction of sp³-hybridized carbons (Fsp3) is 0.118. The average molecular weight is 757 g/mol. The van der Waals surface area contributed by atoms with Gasteiger partial charge in [-0.2, -0.15) is 51.7 Å². The largest absolute Gasteiger partial charge is 0.274 e. The monoisotopic (exact) mass is 757 g/mol. The van der Waals surface area contributed by atoms with Crippen LogP contribution in [0.2, 0.25) is 0 Å². The Labute approximate surface area is 261 Å². The minimum atomic E-state index is -0.794. The van der Waals surface area contributed by atoms with Gasteiger partial charge in [0.15, 0.2) is 0 Å². The van der Waals surface area contributed by atoms with Gasteiger partial charge < -0.3 is 0 Å². The first-order valence-corrected chi connectivity index (χ1v) is 12.9. The van der Waals surface area contributed by atoms with Crippen LogP contribution in [0.15, 0.2) is 72.8 Å². The maximum atomic E-state index is 13.8. The van der Waals surface area contributed by atoms with Crippen LogP contribution in [0.25, 0.3) is 33.6 Å². The van der Waals surface area contributed by atoms with Crippen molar-refractivity contribution in [2.24, 2.45) is 0 Å². The smallest absolute Gasteiger partial charge is 0.0600 e. The van der Waals surface area contributed by atoms with Crippen LogP contribution in [-0.4, -0.2) is 19.6 Å². The van der Waals surface area contributed by atoms with Crippen LogP contribution in [0.3, 0.4) is 0 Å². The SMILES string of the molecule is Cc1cc(C)n(-c2[c-]c(-n3nc(C)cc3C)ccc2)n1.Fc1c[c-]c(-c2[c-]c(-c3[c-]cc(F)cc3F)ccc2)c(F)c1.[Ir]. The standard InChI is InChI=1S/C18H7F4.C16H17N4.Ir/c19-13-4-6-15(17(21)9-13)11-2-1-3-12(8-11)16-7-5-14(20)10-18(16)22;1-11-8-13(3)19(17-11)15-6-5-7-16(10-15)20-14(4)9-12(2)18-20;/h1-5,9-10H;5-9H,1-4H3;/q-3;-1;. The van der Waals surface area contributed by atoms with Crippen molar-refractivity contribution < 1.29 is 37.7 Å². The summed E-state index contributed by atoms with van der Waals surface area (Å²) in [6.45, 7) is 8.08. The summed E-state index contributed by atoms with van der Waals surface area (Å²) in [5.41, 5.74) is 6.69. The molecule has 0 aliphatic rings. The van der Waals surface area contributed by atoms with E-state index in [1.165, 1.54) is 12.1 Å². The predicted octanol–water partition coefficient (Wildman–Crippen LogP) is 8.07. The zero-order chi connectivity index (χ0) is 30.0. The molecule has 0 aliphatic carbocycles. The fourth-order valence-corrected chi connectivity index (χ4v) is 4.50. The second-order valence-electron chi connectivity index (χ2n) is 9.66. The topological polar surface area (TPSA) is 35.6 Å². The quantitative estimate of drug-likeness (QED) is 0.135. The van der Waals surface area contributed by atoms with Gasteiger partial charge in [0, 0.05) is 54.8 Å². The Morgan fingerprint density at radius 1 is 0.581 bits per heavy atom. The van der Waals surface area contributed by atoms with E-state index in [2.05, 4.69) is 46.6 Å². The van der Waals surface area contributed by atoms with Crippen molar-refractivity contribution in [2.75, 3.05) is 0 Å². The molecule has 0 fully saturated rings. The first kappa shape index (κ1) is 31.6. The number of aromatic nitrogens is 4. The number of rotatable bonds is 4. The van der Waals surface area contributed by atoms with Gasteiger partial charge in [-0.05, 0) is 51.2 Å². The van der Waals surface area contributed by atoms with Gasteiger partial charge in [-0.15, -0.1) is 36.4 Å². The fourth-order valence-electron chi connectivity index (χ4n) is 4.50. The van der Waals surface area contributed by atoms with E-state index in [1.807, 2.05) is 55.3 Å². The molecular formula is C34H24F4IrN4-4. The van der Waals surface area contributed by atoms with Gasteiger partial charge >= 0.3 is 0 Å². The van der Waals surface area contributed by atoms with E-state index < -0.39 is 23.3 Å². The van der Waals surface area contributed by atoms with Crippen LogP contribution >= 0.6 is 0 Å². The van der Waals surface area contributed by atoms with E-state index in [-0.39, 0.29) is 42.4 Å². The number of hydrogen-bond acceptors (Lipinski definition) is 2. The van der Waals surface area contributed by atoms with E-state index in [1.54, 1.807) is 6.07 Å². The molecule has 6 aromatic rings. The van der Waals surface area contributed by atoms with Gasteiger partial charge in [-0.1, -0.05) is 12.1 Å². The Morgan fingerprint density at radius 3 is 1.37 bits per heavy atom. The maximum absolute atomic E-state index is 13.8. The van der Waals surface area contributed by atoms with E-state index in [0.29, 0.717) is 0 Å². The molecule has 0 saturated heterocycles. The predicted molar refractivity (Wildman–Crippen MR) is 152 cm³/mol. The molecule has 0 bridgehead atoms. The Morgan fingerprint density at radius 2 is 1.00 bits per heavy atom. The van der Waals surface area contributed by atoms with Crippen LogP contribution in [0.5, 0.6) is 0 Å². The molecule has 2 aromatic heterocycles. The molecule has 43 heavy (non-hydrogen) atoms. The van der Waals surface area contributed by atoms with Crippen molar-refractivity contribution in [3.8, 4) is 33.6 Å². The van der Waals surface area contributed by atoms with Gasteiger partial charge in [0.2, 0.25) is 0 Å². The summed E-state index contributed by atoms with van der Waals surface area (Å²) in [6.07, 6.45) is 0. The van der Waals surface area contributed by atoms with Gasteiger partial charge in [0.1, 0.15) is 0 Å². The molecule has 4 nitrogen and oxygen atoms in total. The number of benzene rings is 4. The molecule has 0 spiro atoms. The van der Waals surface area contributed by atoms with Crippen molar-refractivity contribution in [3.05, 3.63) is 143 Å². The number of nitrogens with zero attached hydrogens (tertiary/aromatic N) is 4. The Hall–Kier alpha value is -4.33. The third kappa shape index (κ3) is 7.19. The molecule has 1 radical (unpaired) electrons. The number of halogens is 4. The van der Waals surface area contributed by atoms with Gasteiger partial charge in [0.05, 0.1) is 11.4 Å². The summed E-state index contributed by atoms with van der Waals surface area (Å²) in [4.78, 5) is 0. The Balaban J connectivity index is 0.000000193. The van der Waals surface area contributed by atoms with Crippen LogP contribution in [0.4, 0.5) is 17.6 Å². The summed E-state index contributed by atoms with van der Waals surface area (Å²) < 4.78 is 57.2. The molecule has 4 aromatic carbocycles. The summed E-state index contributed by atoms with van der Waals surface area (Å²) in [6, 6.07) is 29.4. The molecule has 0 N–H and O–H groups in total. The molecule has 0 aliphatic heterocycles.